The molecule has 1 saturated carbocycles. The van der Waals surface area contributed by atoms with Gasteiger partial charge in [0.2, 0.25) is 0 Å². The SMILES string of the molecule is O=C(OC1CCCCC1)C1CCN(c2ccc3nnnn3n2)CC1. The second-order valence-corrected chi connectivity index (χ2v) is 6.68. The number of carbonyl (C=O) groups is 1. The van der Waals surface area contributed by atoms with Gasteiger partial charge in [0.25, 0.3) is 0 Å². The maximum absolute atomic E-state index is 12.4. The van der Waals surface area contributed by atoms with Crippen LogP contribution in [0.25, 0.3) is 5.65 Å². The molecule has 4 rings (SSSR count). The number of esters is 1. The molecule has 128 valence electrons. The summed E-state index contributed by atoms with van der Waals surface area (Å²) in [6, 6.07) is 3.78. The van der Waals surface area contributed by atoms with Gasteiger partial charge < -0.3 is 9.64 Å². The fourth-order valence-corrected chi connectivity index (χ4v) is 3.60. The smallest absolute Gasteiger partial charge is 0.309 e. The number of piperidine rings is 1. The Hall–Kier alpha value is -2.25. The lowest BCUT2D eigenvalue weighted by molar-refractivity contribution is -0.156. The van der Waals surface area contributed by atoms with Crippen LogP contribution in [0.4, 0.5) is 5.82 Å². The van der Waals surface area contributed by atoms with E-state index in [0.717, 1.165) is 44.6 Å². The summed E-state index contributed by atoms with van der Waals surface area (Å²) in [4.78, 5) is 14.5. The maximum Gasteiger partial charge on any atom is 0.309 e. The van der Waals surface area contributed by atoms with Crippen molar-refractivity contribution in [3.8, 4) is 0 Å². The number of nitrogens with zero attached hydrogens (tertiary/aromatic N) is 6. The molecule has 0 N–H and O–H groups in total. The number of carbonyl (C=O) groups excluding carboxylic acids is 1. The molecule has 2 fully saturated rings. The van der Waals surface area contributed by atoms with Crippen molar-refractivity contribution < 1.29 is 9.53 Å². The largest absolute Gasteiger partial charge is 0.462 e. The predicted molar refractivity (Wildman–Crippen MR) is 86.5 cm³/mol. The van der Waals surface area contributed by atoms with Gasteiger partial charge in [-0.2, -0.15) is 0 Å². The molecule has 3 heterocycles. The first-order valence-corrected chi connectivity index (χ1v) is 8.80. The van der Waals surface area contributed by atoms with Gasteiger partial charge in [0.15, 0.2) is 11.5 Å². The van der Waals surface area contributed by atoms with E-state index in [1.54, 1.807) is 0 Å². The van der Waals surface area contributed by atoms with Crippen LogP contribution in [-0.2, 0) is 9.53 Å². The van der Waals surface area contributed by atoms with Crippen LogP contribution >= 0.6 is 0 Å². The topological polar surface area (TPSA) is 85.5 Å². The van der Waals surface area contributed by atoms with Crippen molar-refractivity contribution in [2.75, 3.05) is 18.0 Å². The molecule has 1 saturated heterocycles. The molecule has 0 unspecified atom stereocenters. The highest BCUT2D eigenvalue weighted by molar-refractivity contribution is 5.73. The lowest BCUT2D eigenvalue weighted by atomic mass is 9.95. The summed E-state index contributed by atoms with van der Waals surface area (Å²) in [6.07, 6.45) is 7.45. The molecule has 2 aromatic rings. The summed E-state index contributed by atoms with van der Waals surface area (Å²) in [5.41, 5.74) is 0.629. The van der Waals surface area contributed by atoms with Gasteiger partial charge in [0, 0.05) is 13.1 Å². The molecule has 0 bridgehead atoms. The molecule has 8 nitrogen and oxygen atoms in total. The number of fused-ring (bicyclic) bond motifs is 1. The molecule has 0 radical (unpaired) electrons. The Morgan fingerprint density at radius 2 is 1.88 bits per heavy atom. The van der Waals surface area contributed by atoms with E-state index in [1.807, 2.05) is 12.1 Å². The van der Waals surface area contributed by atoms with Crippen molar-refractivity contribution >= 4 is 17.4 Å². The monoisotopic (exact) mass is 330 g/mol. The Morgan fingerprint density at radius 3 is 2.67 bits per heavy atom. The quantitative estimate of drug-likeness (QED) is 0.790. The number of anilines is 1. The number of tetrazole rings is 1. The zero-order valence-electron chi connectivity index (χ0n) is 13.7. The van der Waals surface area contributed by atoms with Crippen LogP contribution in [0, 0.1) is 5.92 Å². The van der Waals surface area contributed by atoms with Gasteiger partial charge in [0.1, 0.15) is 6.10 Å². The first kappa shape index (κ1) is 15.3. The van der Waals surface area contributed by atoms with Gasteiger partial charge in [-0.1, -0.05) is 6.42 Å². The molecule has 0 spiro atoms. The zero-order valence-corrected chi connectivity index (χ0v) is 13.7. The second kappa shape index (κ2) is 6.70. The van der Waals surface area contributed by atoms with E-state index in [2.05, 4.69) is 25.5 Å². The Balaban J connectivity index is 1.33. The minimum atomic E-state index is -0.00885. The van der Waals surface area contributed by atoms with Crippen molar-refractivity contribution in [2.45, 2.75) is 51.0 Å². The molecular weight excluding hydrogens is 308 g/mol. The van der Waals surface area contributed by atoms with E-state index in [4.69, 9.17) is 4.74 Å². The molecule has 0 amide bonds. The molecule has 2 aliphatic rings. The zero-order chi connectivity index (χ0) is 16.4. The summed E-state index contributed by atoms with van der Waals surface area (Å²) >= 11 is 0. The molecular formula is C16H22N6O2. The van der Waals surface area contributed by atoms with Crippen LogP contribution < -0.4 is 4.90 Å². The van der Waals surface area contributed by atoms with Crippen LogP contribution in [0.1, 0.15) is 44.9 Å². The minimum Gasteiger partial charge on any atom is -0.462 e. The summed E-state index contributed by atoms with van der Waals surface area (Å²) in [6.45, 7) is 1.59. The molecule has 1 aliphatic heterocycles. The fourth-order valence-electron chi connectivity index (χ4n) is 3.60. The maximum atomic E-state index is 12.4. The van der Waals surface area contributed by atoms with E-state index in [1.165, 1.54) is 23.9 Å². The van der Waals surface area contributed by atoms with Gasteiger partial charge in [0.05, 0.1) is 5.92 Å². The molecule has 2 aromatic heterocycles. The van der Waals surface area contributed by atoms with Crippen LogP contribution in [-0.4, -0.2) is 50.4 Å². The third-order valence-corrected chi connectivity index (χ3v) is 5.04. The number of rotatable bonds is 3. The van der Waals surface area contributed by atoms with E-state index in [-0.39, 0.29) is 18.0 Å². The first-order chi connectivity index (χ1) is 11.8. The summed E-state index contributed by atoms with van der Waals surface area (Å²) in [7, 11) is 0. The third kappa shape index (κ3) is 3.18. The Morgan fingerprint density at radius 1 is 1.08 bits per heavy atom. The lowest BCUT2D eigenvalue weighted by Gasteiger charge is -2.32. The first-order valence-electron chi connectivity index (χ1n) is 8.80. The number of hydrogen-bond donors (Lipinski definition) is 0. The Kier molecular flexibility index (Phi) is 4.27. The summed E-state index contributed by atoms with van der Waals surface area (Å²) < 4.78 is 7.14. The van der Waals surface area contributed by atoms with Crippen molar-refractivity contribution in [2.24, 2.45) is 5.92 Å². The summed E-state index contributed by atoms with van der Waals surface area (Å²) in [5, 5.41) is 15.7. The Labute approximate surface area is 140 Å². The Bertz CT molecular complexity index is 703. The standard InChI is InChI=1S/C16H22N6O2/c23-16(24-13-4-2-1-3-5-13)12-8-10-21(11-9-12)15-7-6-14-17-19-20-22(14)18-15/h6-7,12-13H,1-5,8-11H2. The average Bonchev–Trinajstić information content (AvgIpc) is 3.10. The lowest BCUT2D eigenvalue weighted by Crippen LogP contribution is -2.38. The second-order valence-electron chi connectivity index (χ2n) is 6.68. The van der Waals surface area contributed by atoms with Gasteiger partial charge in [-0.3, -0.25) is 4.79 Å². The van der Waals surface area contributed by atoms with Gasteiger partial charge >= 0.3 is 5.97 Å². The highest BCUT2D eigenvalue weighted by Crippen LogP contribution is 2.26. The number of aromatic nitrogens is 5. The van der Waals surface area contributed by atoms with Gasteiger partial charge in [-0.25, -0.2) is 0 Å². The molecule has 0 atom stereocenters. The van der Waals surface area contributed by atoms with Crippen LogP contribution in [0.5, 0.6) is 0 Å². The van der Waals surface area contributed by atoms with E-state index in [9.17, 15) is 4.79 Å². The van der Waals surface area contributed by atoms with Crippen molar-refractivity contribution in [3.63, 3.8) is 0 Å². The summed E-state index contributed by atoms with van der Waals surface area (Å²) in [5.74, 6) is 0.847. The molecule has 0 aromatic carbocycles. The fraction of sp³-hybridized carbons (Fsp3) is 0.688. The highest BCUT2D eigenvalue weighted by atomic mass is 16.5. The van der Waals surface area contributed by atoms with Crippen molar-refractivity contribution in [1.82, 2.24) is 25.3 Å². The number of ether oxygens (including phenoxy) is 1. The minimum absolute atomic E-state index is 0.00885. The molecule has 8 heteroatoms. The highest BCUT2D eigenvalue weighted by Gasteiger charge is 2.29. The van der Waals surface area contributed by atoms with Crippen molar-refractivity contribution in [1.29, 1.82) is 0 Å². The normalized spacial score (nSPS) is 20.4. The molecule has 1 aliphatic carbocycles. The van der Waals surface area contributed by atoms with Crippen molar-refractivity contribution in [3.05, 3.63) is 12.1 Å². The van der Waals surface area contributed by atoms with Crippen LogP contribution in [0.3, 0.4) is 0 Å². The predicted octanol–water partition coefficient (Wildman–Crippen LogP) is 1.61. The van der Waals surface area contributed by atoms with E-state index >= 15 is 0 Å². The van der Waals surface area contributed by atoms with Crippen LogP contribution in [0.2, 0.25) is 0 Å². The van der Waals surface area contributed by atoms with Gasteiger partial charge in [-0.05, 0) is 61.1 Å². The van der Waals surface area contributed by atoms with E-state index < -0.39 is 0 Å². The molecule has 24 heavy (non-hydrogen) atoms. The number of hydrogen-bond acceptors (Lipinski definition) is 7. The van der Waals surface area contributed by atoms with Crippen LogP contribution in [0.15, 0.2) is 12.1 Å². The third-order valence-electron chi connectivity index (χ3n) is 5.04. The average molecular weight is 330 g/mol. The van der Waals surface area contributed by atoms with E-state index in [0.29, 0.717) is 5.65 Å². The van der Waals surface area contributed by atoms with Gasteiger partial charge in [-0.15, -0.1) is 14.8 Å².